The quantitative estimate of drug-likeness (QED) is 0.927. The maximum absolute atomic E-state index is 12.5. The molecule has 1 unspecified atom stereocenters. The summed E-state index contributed by atoms with van der Waals surface area (Å²) in [7, 11) is 0. The van der Waals surface area contributed by atoms with E-state index in [0.717, 1.165) is 50.4 Å². The second-order valence-electron chi connectivity index (χ2n) is 6.13. The molecule has 4 nitrogen and oxygen atoms in total. The van der Waals surface area contributed by atoms with Crippen molar-refractivity contribution in [3.05, 3.63) is 16.1 Å². The van der Waals surface area contributed by atoms with Crippen molar-refractivity contribution in [1.82, 2.24) is 15.2 Å². The monoisotopic (exact) mass is 329 g/mol. The number of rotatable bonds is 3. The lowest BCUT2D eigenvalue weighted by Crippen LogP contribution is -2.42. The molecule has 0 saturated carbocycles. The molecule has 2 aliphatic rings. The van der Waals surface area contributed by atoms with Gasteiger partial charge < -0.3 is 10.2 Å². The number of piperidine rings is 1. The molecule has 2 aliphatic heterocycles. The molecule has 21 heavy (non-hydrogen) atoms. The second kappa shape index (κ2) is 7.07. The topological polar surface area (TPSA) is 45.2 Å². The molecule has 2 fully saturated rings. The molecule has 1 spiro atoms. The molecule has 0 aromatic carbocycles. The molecule has 1 amide bonds. The zero-order valence-electron chi connectivity index (χ0n) is 12.6. The third-order valence-corrected chi connectivity index (χ3v) is 5.43. The van der Waals surface area contributed by atoms with Crippen LogP contribution in [0.1, 0.15) is 48.1 Å². The Morgan fingerprint density at radius 1 is 1.52 bits per heavy atom. The van der Waals surface area contributed by atoms with Crippen LogP contribution in [0.25, 0.3) is 0 Å². The van der Waals surface area contributed by atoms with Crippen LogP contribution in [-0.4, -0.2) is 42.0 Å². The van der Waals surface area contributed by atoms with Gasteiger partial charge in [0.15, 0.2) is 0 Å². The standard InChI is InChI=1S/C15H23N3OS.ClH/c1-2-4-13-17-12(9-20-13)14(19)18-8-6-15(11-18)5-3-7-16-10-15;/h9,16H,2-8,10-11H2,1H3;1H. The Kier molecular flexibility index (Phi) is 5.63. The average molecular weight is 330 g/mol. The fourth-order valence-corrected chi connectivity index (χ4v) is 4.26. The number of aromatic nitrogens is 1. The number of amides is 1. The highest BCUT2D eigenvalue weighted by Crippen LogP contribution is 2.36. The minimum absolute atomic E-state index is 0. The lowest BCUT2D eigenvalue weighted by atomic mass is 9.80. The predicted octanol–water partition coefficient (Wildman–Crippen LogP) is 2.73. The minimum Gasteiger partial charge on any atom is -0.337 e. The van der Waals surface area contributed by atoms with Crippen molar-refractivity contribution in [1.29, 1.82) is 0 Å². The van der Waals surface area contributed by atoms with Crippen molar-refractivity contribution < 1.29 is 4.79 Å². The number of halogens is 1. The average Bonchev–Trinajstić information content (AvgIpc) is 3.08. The van der Waals surface area contributed by atoms with Gasteiger partial charge in [-0.15, -0.1) is 23.7 Å². The molecule has 0 bridgehead atoms. The molecule has 1 aromatic heterocycles. The number of likely N-dealkylation sites (tertiary alicyclic amines) is 1. The summed E-state index contributed by atoms with van der Waals surface area (Å²) in [6.45, 7) is 6.13. The molecule has 118 valence electrons. The summed E-state index contributed by atoms with van der Waals surface area (Å²) >= 11 is 1.62. The normalized spacial score (nSPS) is 25.1. The Hall–Kier alpha value is -0.650. The van der Waals surface area contributed by atoms with Crippen LogP contribution in [0.5, 0.6) is 0 Å². The Bertz CT molecular complexity index is 485. The predicted molar refractivity (Wildman–Crippen MR) is 88.4 cm³/mol. The fourth-order valence-electron chi connectivity index (χ4n) is 3.39. The van der Waals surface area contributed by atoms with Crippen LogP contribution in [0.15, 0.2) is 5.38 Å². The van der Waals surface area contributed by atoms with Gasteiger partial charge in [-0.2, -0.15) is 0 Å². The van der Waals surface area contributed by atoms with Gasteiger partial charge in [0.2, 0.25) is 0 Å². The van der Waals surface area contributed by atoms with E-state index < -0.39 is 0 Å². The highest BCUT2D eigenvalue weighted by Gasteiger charge is 2.41. The Balaban J connectivity index is 0.00000161. The lowest BCUT2D eigenvalue weighted by Gasteiger charge is -2.33. The van der Waals surface area contributed by atoms with Gasteiger partial charge in [-0.1, -0.05) is 6.92 Å². The maximum atomic E-state index is 12.5. The van der Waals surface area contributed by atoms with Gasteiger partial charge in [-0.05, 0) is 38.6 Å². The van der Waals surface area contributed by atoms with E-state index in [2.05, 4.69) is 17.2 Å². The summed E-state index contributed by atoms with van der Waals surface area (Å²) < 4.78 is 0. The summed E-state index contributed by atoms with van der Waals surface area (Å²) in [6.07, 6.45) is 5.68. The smallest absolute Gasteiger partial charge is 0.273 e. The molecule has 1 N–H and O–H groups in total. The molecule has 6 heteroatoms. The second-order valence-corrected chi connectivity index (χ2v) is 7.08. The highest BCUT2D eigenvalue weighted by molar-refractivity contribution is 7.09. The van der Waals surface area contributed by atoms with Crippen LogP contribution in [0.4, 0.5) is 0 Å². The largest absolute Gasteiger partial charge is 0.337 e. The first-order valence-electron chi connectivity index (χ1n) is 7.67. The molecule has 1 atom stereocenters. The molecule has 0 aliphatic carbocycles. The lowest BCUT2D eigenvalue weighted by molar-refractivity contribution is 0.0759. The van der Waals surface area contributed by atoms with Crippen molar-refractivity contribution in [2.24, 2.45) is 5.41 Å². The Morgan fingerprint density at radius 2 is 2.38 bits per heavy atom. The number of carbonyl (C=O) groups is 1. The number of hydrogen-bond donors (Lipinski definition) is 1. The third-order valence-electron chi connectivity index (χ3n) is 4.52. The number of carbonyl (C=O) groups excluding carboxylic acids is 1. The number of nitrogens with one attached hydrogen (secondary N) is 1. The minimum atomic E-state index is 0. The van der Waals surface area contributed by atoms with Crippen LogP contribution < -0.4 is 5.32 Å². The van der Waals surface area contributed by atoms with E-state index in [1.807, 2.05) is 10.3 Å². The Labute approximate surface area is 136 Å². The molecule has 1 aromatic rings. The van der Waals surface area contributed by atoms with Gasteiger partial charge in [0, 0.05) is 30.4 Å². The SMILES string of the molecule is CCCc1nc(C(=O)N2CCC3(CCCNC3)C2)cs1.Cl. The van der Waals surface area contributed by atoms with Gasteiger partial charge in [0.1, 0.15) is 5.69 Å². The van der Waals surface area contributed by atoms with E-state index in [4.69, 9.17) is 0 Å². The maximum Gasteiger partial charge on any atom is 0.273 e. The summed E-state index contributed by atoms with van der Waals surface area (Å²) in [5, 5.41) is 6.50. The summed E-state index contributed by atoms with van der Waals surface area (Å²) in [5.41, 5.74) is 0.982. The molecule has 0 radical (unpaired) electrons. The van der Waals surface area contributed by atoms with E-state index in [-0.39, 0.29) is 18.3 Å². The van der Waals surface area contributed by atoms with Gasteiger partial charge >= 0.3 is 0 Å². The zero-order valence-corrected chi connectivity index (χ0v) is 14.2. The van der Waals surface area contributed by atoms with Crippen molar-refractivity contribution in [3.63, 3.8) is 0 Å². The van der Waals surface area contributed by atoms with E-state index in [1.165, 1.54) is 12.8 Å². The van der Waals surface area contributed by atoms with Crippen LogP contribution in [-0.2, 0) is 6.42 Å². The van der Waals surface area contributed by atoms with Crippen molar-refractivity contribution in [2.45, 2.75) is 39.0 Å². The number of thiazole rings is 1. The zero-order chi connectivity index (χ0) is 14.0. The van der Waals surface area contributed by atoms with E-state index in [1.54, 1.807) is 11.3 Å². The van der Waals surface area contributed by atoms with Crippen molar-refractivity contribution >= 4 is 29.7 Å². The third kappa shape index (κ3) is 3.58. The van der Waals surface area contributed by atoms with Gasteiger partial charge in [0.05, 0.1) is 5.01 Å². The number of aryl methyl sites for hydroxylation is 1. The highest BCUT2D eigenvalue weighted by atomic mass is 35.5. The number of nitrogens with zero attached hydrogens (tertiary/aromatic N) is 2. The molecule has 3 heterocycles. The van der Waals surface area contributed by atoms with Crippen LogP contribution >= 0.6 is 23.7 Å². The van der Waals surface area contributed by atoms with Crippen LogP contribution in [0.3, 0.4) is 0 Å². The molecule has 3 rings (SSSR count). The van der Waals surface area contributed by atoms with Crippen LogP contribution in [0, 0.1) is 5.41 Å². The van der Waals surface area contributed by atoms with Crippen molar-refractivity contribution in [2.75, 3.05) is 26.2 Å². The summed E-state index contributed by atoms with van der Waals surface area (Å²) in [5.74, 6) is 0.131. The molecule has 2 saturated heterocycles. The molecular weight excluding hydrogens is 306 g/mol. The first-order chi connectivity index (χ1) is 9.72. The van der Waals surface area contributed by atoms with Gasteiger partial charge in [-0.25, -0.2) is 4.98 Å². The number of hydrogen-bond acceptors (Lipinski definition) is 4. The Morgan fingerprint density at radius 3 is 3.10 bits per heavy atom. The van der Waals surface area contributed by atoms with E-state index >= 15 is 0 Å². The molecular formula is C15H24ClN3OS. The van der Waals surface area contributed by atoms with Crippen molar-refractivity contribution in [3.8, 4) is 0 Å². The van der Waals surface area contributed by atoms with Gasteiger partial charge in [0.25, 0.3) is 5.91 Å². The summed E-state index contributed by atoms with van der Waals surface area (Å²) in [4.78, 5) is 19.0. The van der Waals surface area contributed by atoms with Crippen LogP contribution in [0.2, 0.25) is 0 Å². The fraction of sp³-hybridized carbons (Fsp3) is 0.733. The first-order valence-corrected chi connectivity index (χ1v) is 8.55. The van der Waals surface area contributed by atoms with E-state index in [0.29, 0.717) is 11.1 Å². The summed E-state index contributed by atoms with van der Waals surface area (Å²) in [6, 6.07) is 0. The first kappa shape index (κ1) is 16.7. The van der Waals surface area contributed by atoms with E-state index in [9.17, 15) is 4.79 Å². The van der Waals surface area contributed by atoms with Gasteiger partial charge in [-0.3, -0.25) is 4.79 Å².